The van der Waals surface area contributed by atoms with Crippen LogP contribution in [0.3, 0.4) is 0 Å². The molecule has 1 unspecified atom stereocenters. The van der Waals surface area contributed by atoms with Crippen molar-refractivity contribution in [2.75, 3.05) is 13.1 Å². The lowest BCUT2D eigenvalue weighted by Gasteiger charge is -2.33. The van der Waals surface area contributed by atoms with Crippen molar-refractivity contribution in [1.29, 1.82) is 0 Å². The number of aromatic amines is 1. The highest BCUT2D eigenvalue weighted by Gasteiger charge is 2.27. The predicted molar refractivity (Wildman–Crippen MR) is 141 cm³/mol. The standard InChI is InChI=1S/C22H26N2O.C8H8O2/c1-3-24(4-2)18-12-17-14-23-20-10-11-21(19(13-18)22(17)20)25-15-16-8-6-5-7-9-16;9-8(10)6-7-4-2-1-3-5-7/h5-11,14,18,23H,3-4,12-13,15H2,1-2H3;1-5H,6H2,(H,9,10). The van der Waals surface area contributed by atoms with Crippen molar-refractivity contribution in [3.63, 3.8) is 0 Å². The quantitative estimate of drug-likeness (QED) is 0.338. The number of ether oxygens (including phenoxy) is 1. The second kappa shape index (κ2) is 11.7. The molecule has 0 bridgehead atoms. The second-order valence-corrected chi connectivity index (χ2v) is 8.89. The molecular formula is C30H34N2O3. The van der Waals surface area contributed by atoms with Gasteiger partial charge in [-0.15, -0.1) is 0 Å². The Bertz CT molecular complexity index is 1230. The number of nitrogens with one attached hydrogen (secondary N) is 1. The van der Waals surface area contributed by atoms with Gasteiger partial charge in [-0.1, -0.05) is 74.5 Å². The molecule has 0 aliphatic heterocycles. The number of benzene rings is 3. The molecule has 0 amide bonds. The number of carbonyl (C=O) groups is 1. The maximum atomic E-state index is 10.2. The first-order valence-electron chi connectivity index (χ1n) is 12.4. The van der Waals surface area contributed by atoms with Gasteiger partial charge in [0.1, 0.15) is 12.4 Å². The fraction of sp³-hybridized carbons (Fsp3) is 0.300. The number of likely N-dealkylation sites (N-methyl/N-ethyl adjacent to an activating group) is 1. The molecule has 0 fully saturated rings. The molecule has 1 heterocycles. The summed E-state index contributed by atoms with van der Waals surface area (Å²) in [7, 11) is 0. The second-order valence-electron chi connectivity index (χ2n) is 8.89. The van der Waals surface area contributed by atoms with Gasteiger partial charge in [0.15, 0.2) is 0 Å². The number of H-pyrrole nitrogens is 1. The van der Waals surface area contributed by atoms with Crippen molar-refractivity contribution >= 4 is 16.9 Å². The van der Waals surface area contributed by atoms with Crippen LogP contribution in [0.15, 0.2) is 79.0 Å². The first-order chi connectivity index (χ1) is 17.1. The molecule has 5 rings (SSSR count). The van der Waals surface area contributed by atoms with Crippen molar-refractivity contribution in [1.82, 2.24) is 9.88 Å². The molecular weight excluding hydrogens is 436 g/mol. The van der Waals surface area contributed by atoms with Crippen LogP contribution in [-0.2, 0) is 30.7 Å². The Morgan fingerprint density at radius 1 is 0.943 bits per heavy atom. The molecule has 0 saturated heterocycles. The lowest BCUT2D eigenvalue weighted by Crippen LogP contribution is -2.39. The van der Waals surface area contributed by atoms with Gasteiger partial charge in [-0.3, -0.25) is 4.79 Å². The highest BCUT2D eigenvalue weighted by molar-refractivity contribution is 5.89. The van der Waals surface area contributed by atoms with Crippen molar-refractivity contribution in [3.8, 4) is 5.75 Å². The smallest absolute Gasteiger partial charge is 0.307 e. The van der Waals surface area contributed by atoms with Crippen LogP contribution in [-0.4, -0.2) is 40.1 Å². The minimum atomic E-state index is -0.786. The summed E-state index contributed by atoms with van der Waals surface area (Å²) in [4.78, 5) is 16.2. The van der Waals surface area contributed by atoms with E-state index >= 15 is 0 Å². The number of hydrogen-bond acceptors (Lipinski definition) is 3. The summed E-state index contributed by atoms with van der Waals surface area (Å²) in [5, 5.41) is 9.75. The van der Waals surface area contributed by atoms with Crippen LogP contribution in [0.5, 0.6) is 5.75 Å². The fourth-order valence-electron chi connectivity index (χ4n) is 4.92. The summed E-state index contributed by atoms with van der Waals surface area (Å²) < 4.78 is 6.24. The zero-order chi connectivity index (χ0) is 24.6. The number of nitrogens with zero attached hydrogens (tertiary/aromatic N) is 1. The van der Waals surface area contributed by atoms with E-state index in [0.29, 0.717) is 12.6 Å². The fourth-order valence-corrected chi connectivity index (χ4v) is 4.92. The Hall–Kier alpha value is -3.57. The molecule has 1 atom stereocenters. The van der Waals surface area contributed by atoms with Crippen LogP contribution in [0.2, 0.25) is 0 Å². The molecule has 3 aromatic carbocycles. The first kappa shape index (κ1) is 24.6. The SMILES string of the molecule is CCN(CC)C1Cc2c[nH]c3ccc(OCc4ccccc4)c(c23)C1.O=C(O)Cc1ccccc1. The van der Waals surface area contributed by atoms with Gasteiger partial charge in [0.25, 0.3) is 0 Å². The van der Waals surface area contributed by atoms with E-state index in [-0.39, 0.29) is 6.42 Å². The Balaban J connectivity index is 0.000000243. The predicted octanol–water partition coefficient (Wildman–Crippen LogP) is 5.87. The van der Waals surface area contributed by atoms with Crippen LogP contribution < -0.4 is 4.74 Å². The van der Waals surface area contributed by atoms with E-state index in [0.717, 1.165) is 37.2 Å². The molecule has 1 aromatic heterocycles. The first-order valence-corrected chi connectivity index (χ1v) is 12.4. The normalized spacial score (nSPS) is 14.4. The lowest BCUT2D eigenvalue weighted by atomic mass is 9.87. The molecule has 182 valence electrons. The number of carboxylic acid groups (broad SMARTS) is 1. The minimum absolute atomic E-state index is 0.112. The lowest BCUT2D eigenvalue weighted by molar-refractivity contribution is -0.136. The molecule has 4 aromatic rings. The van der Waals surface area contributed by atoms with Crippen molar-refractivity contribution < 1.29 is 14.6 Å². The Labute approximate surface area is 207 Å². The van der Waals surface area contributed by atoms with Gasteiger partial charge < -0.3 is 19.7 Å². The van der Waals surface area contributed by atoms with Gasteiger partial charge in [0, 0.05) is 28.7 Å². The van der Waals surface area contributed by atoms with Crippen molar-refractivity contribution in [3.05, 3.63) is 101 Å². The number of aromatic nitrogens is 1. The van der Waals surface area contributed by atoms with E-state index in [1.54, 1.807) is 12.1 Å². The van der Waals surface area contributed by atoms with E-state index < -0.39 is 5.97 Å². The van der Waals surface area contributed by atoms with Crippen LogP contribution >= 0.6 is 0 Å². The Morgan fingerprint density at radius 3 is 2.23 bits per heavy atom. The van der Waals surface area contributed by atoms with Gasteiger partial charge in [-0.25, -0.2) is 0 Å². The topological polar surface area (TPSA) is 65.6 Å². The van der Waals surface area contributed by atoms with Gasteiger partial charge in [0.2, 0.25) is 0 Å². The van der Waals surface area contributed by atoms with E-state index in [1.165, 1.54) is 27.6 Å². The molecule has 2 N–H and O–H groups in total. The number of rotatable bonds is 8. The molecule has 5 nitrogen and oxygen atoms in total. The third-order valence-electron chi connectivity index (χ3n) is 6.65. The number of carboxylic acids is 1. The van der Waals surface area contributed by atoms with Crippen molar-refractivity contribution in [2.24, 2.45) is 0 Å². The maximum Gasteiger partial charge on any atom is 0.307 e. The average molecular weight is 471 g/mol. The van der Waals surface area contributed by atoms with Gasteiger partial charge >= 0.3 is 5.97 Å². The largest absolute Gasteiger partial charge is 0.489 e. The summed E-state index contributed by atoms with van der Waals surface area (Å²) >= 11 is 0. The number of hydrogen-bond donors (Lipinski definition) is 2. The molecule has 5 heteroatoms. The Morgan fingerprint density at radius 2 is 1.60 bits per heavy atom. The van der Waals surface area contributed by atoms with Crippen molar-refractivity contribution in [2.45, 2.75) is 45.8 Å². The van der Waals surface area contributed by atoms with Gasteiger partial charge in [0.05, 0.1) is 6.42 Å². The summed E-state index contributed by atoms with van der Waals surface area (Å²) in [5.74, 6) is 0.250. The molecule has 0 radical (unpaired) electrons. The van der Waals surface area contributed by atoms with E-state index in [4.69, 9.17) is 9.84 Å². The van der Waals surface area contributed by atoms with Gasteiger partial charge in [-0.05, 0) is 54.8 Å². The van der Waals surface area contributed by atoms with Crippen LogP contribution in [0.4, 0.5) is 0 Å². The van der Waals surface area contributed by atoms with Crippen LogP contribution in [0, 0.1) is 0 Å². The number of aliphatic carboxylic acids is 1. The third-order valence-corrected chi connectivity index (χ3v) is 6.65. The summed E-state index contributed by atoms with van der Waals surface area (Å²) in [6, 6.07) is 24.4. The third kappa shape index (κ3) is 6.11. The van der Waals surface area contributed by atoms with Crippen LogP contribution in [0.1, 0.15) is 36.1 Å². The molecule has 1 aliphatic carbocycles. The maximum absolute atomic E-state index is 10.2. The summed E-state index contributed by atoms with van der Waals surface area (Å²) in [6.45, 7) is 7.32. The molecule has 0 saturated carbocycles. The molecule has 35 heavy (non-hydrogen) atoms. The summed E-state index contributed by atoms with van der Waals surface area (Å²) in [5.41, 5.74) is 6.08. The Kier molecular flexibility index (Phi) is 8.22. The summed E-state index contributed by atoms with van der Waals surface area (Å²) in [6.07, 6.45) is 4.48. The zero-order valence-corrected chi connectivity index (χ0v) is 20.5. The van der Waals surface area contributed by atoms with E-state index in [1.807, 2.05) is 24.3 Å². The highest BCUT2D eigenvalue weighted by atomic mass is 16.5. The molecule has 1 aliphatic rings. The van der Waals surface area contributed by atoms with Crippen LogP contribution in [0.25, 0.3) is 10.9 Å². The van der Waals surface area contributed by atoms with Gasteiger partial charge in [-0.2, -0.15) is 0 Å². The minimum Gasteiger partial charge on any atom is -0.489 e. The van der Waals surface area contributed by atoms with E-state index in [2.05, 4.69) is 66.3 Å². The monoisotopic (exact) mass is 470 g/mol. The van der Waals surface area contributed by atoms with E-state index in [9.17, 15) is 4.79 Å². The highest BCUT2D eigenvalue weighted by Crippen LogP contribution is 2.37. The zero-order valence-electron chi connectivity index (χ0n) is 20.5. The molecule has 0 spiro atoms. The average Bonchev–Trinajstić information content (AvgIpc) is 3.30.